The van der Waals surface area contributed by atoms with Crippen molar-refractivity contribution in [1.29, 1.82) is 0 Å². The maximum atomic E-state index is 13.1. The van der Waals surface area contributed by atoms with Crippen LogP contribution in [-0.4, -0.2) is 44.5 Å². The van der Waals surface area contributed by atoms with Crippen molar-refractivity contribution < 1.29 is 28.2 Å². The Hall–Kier alpha value is -3.33. The zero-order valence-corrected chi connectivity index (χ0v) is 16.9. The van der Waals surface area contributed by atoms with Crippen LogP contribution in [0.25, 0.3) is 0 Å². The Morgan fingerprint density at radius 3 is 2.53 bits per heavy atom. The van der Waals surface area contributed by atoms with Crippen molar-refractivity contribution in [3.05, 3.63) is 58.4 Å². The van der Waals surface area contributed by atoms with E-state index >= 15 is 0 Å². The second kappa shape index (κ2) is 11.0. The van der Waals surface area contributed by atoms with Crippen LogP contribution in [0.15, 0.2) is 36.4 Å². The van der Waals surface area contributed by atoms with Crippen molar-refractivity contribution in [1.82, 2.24) is 10.6 Å². The lowest BCUT2D eigenvalue weighted by molar-refractivity contribution is -0.121. The molecule has 3 amide bonds. The van der Waals surface area contributed by atoms with Gasteiger partial charge in [-0.05, 0) is 29.8 Å². The molecule has 0 saturated carbocycles. The van der Waals surface area contributed by atoms with Crippen LogP contribution in [0, 0.1) is 5.82 Å². The molecule has 0 aliphatic heterocycles. The monoisotopic (exact) mass is 437 g/mol. The number of primary amides is 1. The minimum absolute atomic E-state index is 0.0330. The summed E-state index contributed by atoms with van der Waals surface area (Å²) < 4.78 is 23.5. The van der Waals surface area contributed by atoms with Crippen molar-refractivity contribution >= 4 is 29.3 Å². The SMILES string of the molecule is COc1cc(C(=O)NCCNC(=O)Cc2cccc(F)c2)cc(Cl)c1OCC(N)=O. The topological polar surface area (TPSA) is 120 Å². The summed E-state index contributed by atoms with van der Waals surface area (Å²) >= 11 is 6.11. The highest BCUT2D eigenvalue weighted by atomic mass is 35.5. The van der Waals surface area contributed by atoms with Crippen LogP contribution in [0.2, 0.25) is 5.02 Å². The molecular formula is C20H21ClFN3O5. The number of halogens is 2. The Bertz CT molecular complexity index is 939. The number of benzene rings is 2. The lowest BCUT2D eigenvalue weighted by atomic mass is 10.1. The zero-order chi connectivity index (χ0) is 22.1. The molecule has 0 heterocycles. The lowest BCUT2D eigenvalue weighted by Gasteiger charge is -2.13. The Balaban J connectivity index is 1.86. The molecular weight excluding hydrogens is 417 g/mol. The first-order valence-corrected chi connectivity index (χ1v) is 9.26. The van der Waals surface area contributed by atoms with E-state index in [0.29, 0.717) is 5.56 Å². The highest BCUT2D eigenvalue weighted by molar-refractivity contribution is 6.32. The van der Waals surface area contributed by atoms with Gasteiger partial charge in [-0.3, -0.25) is 14.4 Å². The molecule has 0 spiro atoms. The van der Waals surface area contributed by atoms with E-state index in [1.807, 2.05) is 0 Å². The van der Waals surface area contributed by atoms with Gasteiger partial charge in [0.1, 0.15) is 5.82 Å². The Kier molecular flexibility index (Phi) is 8.42. The largest absolute Gasteiger partial charge is 0.493 e. The summed E-state index contributed by atoms with van der Waals surface area (Å²) in [5.74, 6) is -1.58. The fourth-order valence-electron chi connectivity index (χ4n) is 2.51. The van der Waals surface area contributed by atoms with Gasteiger partial charge in [0.15, 0.2) is 18.1 Å². The third-order valence-electron chi connectivity index (χ3n) is 3.84. The number of ether oxygens (including phenoxy) is 2. The molecule has 10 heteroatoms. The van der Waals surface area contributed by atoms with Gasteiger partial charge in [0.2, 0.25) is 5.91 Å². The molecule has 0 bridgehead atoms. The molecule has 160 valence electrons. The van der Waals surface area contributed by atoms with Gasteiger partial charge in [0, 0.05) is 18.7 Å². The summed E-state index contributed by atoms with van der Waals surface area (Å²) in [4.78, 5) is 35.1. The first kappa shape index (κ1) is 23.0. The normalized spacial score (nSPS) is 10.2. The van der Waals surface area contributed by atoms with E-state index in [0.717, 1.165) is 0 Å². The number of amides is 3. The van der Waals surface area contributed by atoms with Crippen LogP contribution in [0.3, 0.4) is 0 Å². The first-order chi connectivity index (χ1) is 14.3. The van der Waals surface area contributed by atoms with Crippen LogP contribution >= 0.6 is 11.6 Å². The van der Waals surface area contributed by atoms with Crippen LogP contribution in [0.4, 0.5) is 4.39 Å². The van der Waals surface area contributed by atoms with Gasteiger partial charge in [-0.2, -0.15) is 0 Å². The molecule has 0 unspecified atom stereocenters. The summed E-state index contributed by atoms with van der Waals surface area (Å²) in [6.07, 6.45) is 0.0330. The summed E-state index contributed by atoms with van der Waals surface area (Å²) in [5.41, 5.74) is 5.80. The molecule has 0 aliphatic rings. The number of rotatable bonds is 10. The molecule has 30 heavy (non-hydrogen) atoms. The average Bonchev–Trinajstić information content (AvgIpc) is 2.69. The fourth-order valence-corrected chi connectivity index (χ4v) is 2.77. The molecule has 2 rings (SSSR count). The number of carbonyl (C=O) groups is 3. The smallest absolute Gasteiger partial charge is 0.255 e. The van der Waals surface area contributed by atoms with Crippen LogP contribution in [0.5, 0.6) is 11.5 Å². The molecule has 4 N–H and O–H groups in total. The fraction of sp³-hybridized carbons (Fsp3) is 0.250. The number of methoxy groups -OCH3 is 1. The Morgan fingerprint density at radius 1 is 1.13 bits per heavy atom. The standard InChI is InChI=1S/C20H21ClFN3O5/c1-29-16-10-13(9-15(21)19(16)30-11-17(23)26)20(28)25-6-5-24-18(27)8-12-3-2-4-14(22)7-12/h2-4,7,9-10H,5-6,8,11H2,1H3,(H2,23,26)(H,24,27)(H,25,28). The van der Waals surface area contributed by atoms with Crippen molar-refractivity contribution in [2.75, 3.05) is 26.8 Å². The molecule has 0 aliphatic carbocycles. The van der Waals surface area contributed by atoms with E-state index in [2.05, 4.69) is 10.6 Å². The average molecular weight is 438 g/mol. The van der Waals surface area contributed by atoms with E-state index in [1.54, 1.807) is 6.07 Å². The second-order valence-electron chi connectivity index (χ2n) is 6.16. The van der Waals surface area contributed by atoms with Gasteiger partial charge in [0.05, 0.1) is 18.6 Å². The lowest BCUT2D eigenvalue weighted by Crippen LogP contribution is -2.35. The summed E-state index contributed by atoms with van der Waals surface area (Å²) in [7, 11) is 1.36. The zero-order valence-electron chi connectivity index (χ0n) is 16.2. The number of nitrogens with two attached hydrogens (primary N) is 1. The number of hydrogen-bond acceptors (Lipinski definition) is 5. The summed E-state index contributed by atoms with van der Waals surface area (Å²) in [6, 6.07) is 8.53. The summed E-state index contributed by atoms with van der Waals surface area (Å²) in [6.45, 7) is -0.0465. The Morgan fingerprint density at radius 2 is 1.87 bits per heavy atom. The maximum absolute atomic E-state index is 13.1. The van der Waals surface area contributed by atoms with Gasteiger partial charge in [-0.1, -0.05) is 23.7 Å². The number of carbonyl (C=O) groups excluding carboxylic acids is 3. The minimum atomic E-state index is -0.686. The third-order valence-corrected chi connectivity index (χ3v) is 4.12. The predicted octanol–water partition coefficient (Wildman–Crippen LogP) is 1.44. The van der Waals surface area contributed by atoms with E-state index in [1.165, 1.54) is 37.4 Å². The molecule has 0 aromatic heterocycles. The van der Waals surface area contributed by atoms with Crippen molar-refractivity contribution in [3.8, 4) is 11.5 Å². The molecule has 0 atom stereocenters. The van der Waals surface area contributed by atoms with E-state index < -0.39 is 24.2 Å². The van der Waals surface area contributed by atoms with Gasteiger partial charge in [0.25, 0.3) is 11.8 Å². The van der Waals surface area contributed by atoms with E-state index in [-0.39, 0.29) is 47.5 Å². The summed E-state index contributed by atoms with van der Waals surface area (Å²) in [5, 5.41) is 5.34. The van der Waals surface area contributed by atoms with Gasteiger partial charge in [-0.25, -0.2) is 4.39 Å². The van der Waals surface area contributed by atoms with Gasteiger partial charge in [-0.15, -0.1) is 0 Å². The molecule has 8 nitrogen and oxygen atoms in total. The molecule has 0 saturated heterocycles. The molecule has 2 aromatic carbocycles. The quantitative estimate of drug-likeness (QED) is 0.486. The van der Waals surface area contributed by atoms with Crippen molar-refractivity contribution in [2.45, 2.75) is 6.42 Å². The van der Waals surface area contributed by atoms with Crippen LogP contribution in [-0.2, 0) is 16.0 Å². The predicted molar refractivity (Wildman–Crippen MR) is 108 cm³/mol. The van der Waals surface area contributed by atoms with E-state index in [9.17, 15) is 18.8 Å². The highest BCUT2D eigenvalue weighted by Crippen LogP contribution is 2.36. The highest BCUT2D eigenvalue weighted by Gasteiger charge is 2.16. The van der Waals surface area contributed by atoms with Gasteiger partial charge >= 0.3 is 0 Å². The van der Waals surface area contributed by atoms with Crippen LogP contribution in [0.1, 0.15) is 15.9 Å². The van der Waals surface area contributed by atoms with Crippen LogP contribution < -0.4 is 25.8 Å². The minimum Gasteiger partial charge on any atom is -0.493 e. The molecule has 0 fully saturated rings. The first-order valence-electron chi connectivity index (χ1n) is 8.88. The molecule has 2 aromatic rings. The Labute approximate surface area is 177 Å². The number of nitrogens with one attached hydrogen (secondary N) is 2. The molecule has 0 radical (unpaired) electrons. The third kappa shape index (κ3) is 6.93. The number of hydrogen-bond donors (Lipinski definition) is 3. The van der Waals surface area contributed by atoms with Crippen molar-refractivity contribution in [2.24, 2.45) is 5.73 Å². The second-order valence-corrected chi connectivity index (χ2v) is 6.56. The van der Waals surface area contributed by atoms with E-state index in [4.69, 9.17) is 26.8 Å². The van der Waals surface area contributed by atoms with Gasteiger partial charge < -0.3 is 25.8 Å². The van der Waals surface area contributed by atoms with Crippen molar-refractivity contribution in [3.63, 3.8) is 0 Å². The maximum Gasteiger partial charge on any atom is 0.255 e.